The Bertz CT molecular complexity index is 733. The lowest BCUT2D eigenvalue weighted by Gasteiger charge is -2.04. The first-order valence-electron chi connectivity index (χ1n) is 5.62. The molecule has 0 heterocycles. The van der Waals surface area contributed by atoms with Gasteiger partial charge in [-0.15, -0.1) is 0 Å². The van der Waals surface area contributed by atoms with Crippen molar-refractivity contribution in [3.63, 3.8) is 0 Å². The van der Waals surface area contributed by atoms with Crippen LogP contribution in [0, 0.1) is 0 Å². The van der Waals surface area contributed by atoms with Gasteiger partial charge < -0.3 is 5.11 Å². The lowest BCUT2D eigenvalue weighted by Crippen LogP contribution is -1.98. The lowest BCUT2D eigenvalue weighted by molar-refractivity contribution is 0.105. The number of hydrogen-bond acceptors (Lipinski definition) is 2. The Balaban J connectivity index is 2.19. The fourth-order valence-electron chi connectivity index (χ4n) is 2.18. The minimum Gasteiger partial charge on any atom is -0.507 e. The molecule has 94 valence electrons. The molecular formula is C15H8Br2O2. The molecule has 0 fully saturated rings. The van der Waals surface area contributed by atoms with Gasteiger partial charge >= 0.3 is 0 Å². The second kappa shape index (κ2) is 4.62. The van der Waals surface area contributed by atoms with Gasteiger partial charge in [-0.2, -0.15) is 0 Å². The van der Waals surface area contributed by atoms with E-state index in [1.54, 1.807) is 18.2 Å². The van der Waals surface area contributed by atoms with Crippen molar-refractivity contribution in [1.82, 2.24) is 0 Å². The molecule has 0 spiro atoms. The van der Waals surface area contributed by atoms with Gasteiger partial charge in [0.2, 0.25) is 0 Å². The van der Waals surface area contributed by atoms with E-state index in [1.807, 2.05) is 24.3 Å². The Labute approximate surface area is 127 Å². The summed E-state index contributed by atoms with van der Waals surface area (Å²) in [7, 11) is 0. The molecule has 0 saturated carbocycles. The number of allylic oxidation sites excluding steroid dienone is 1. The van der Waals surface area contributed by atoms with Crippen LogP contribution in [0.15, 0.2) is 51.4 Å². The average Bonchev–Trinajstić information content (AvgIpc) is 2.66. The molecule has 19 heavy (non-hydrogen) atoms. The fourth-order valence-corrected chi connectivity index (χ4v) is 2.81. The van der Waals surface area contributed by atoms with Gasteiger partial charge in [-0.05, 0) is 49.6 Å². The van der Waals surface area contributed by atoms with Crippen LogP contribution in [0.2, 0.25) is 0 Å². The summed E-state index contributed by atoms with van der Waals surface area (Å²) in [5, 5.41) is 10.3. The number of aliphatic hydroxyl groups excluding tert-OH is 1. The first-order valence-corrected chi connectivity index (χ1v) is 7.21. The van der Waals surface area contributed by atoms with E-state index in [0.717, 1.165) is 8.95 Å². The molecule has 2 aromatic rings. The molecule has 1 aliphatic rings. The van der Waals surface area contributed by atoms with E-state index < -0.39 is 0 Å². The van der Waals surface area contributed by atoms with Crippen molar-refractivity contribution >= 4 is 49.0 Å². The van der Waals surface area contributed by atoms with Gasteiger partial charge in [0, 0.05) is 20.1 Å². The Kier molecular flexibility index (Phi) is 3.07. The molecule has 0 saturated heterocycles. The molecule has 0 unspecified atom stereocenters. The average molecular weight is 380 g/mol. The number of hydrogen-bond donors (Lipinski definition) is 1. The van der Waals surface area contributed by atoms with Crippen LogP contribution in [0.3, 0.4) is 0 Å². The quantitative estimate of drug-likeness (QED) is 0.770. The topological polar surface area (TPSA) is 37.3 Å². The second-order valence-corrected chi connectivity index (χ2v) is 5.94. The maximum absolute atomic E-state index is 12.4. The van der Waals surface area contributed by atoms with Crippen LogP contribution in [0.4, 0.5) is 0 Å². The number of carbonyl (C=O) groups excluding carboxylic acids is 1. The van der Waals surface area contributed by atoms with Crippen molar-refractivity contribution in [2.75, 3.05) is 0 Å². The Morgan fingerprint density at radius 1 is 0.895 bits per heavy atom. The zero-order chi connectivity index (χ0) is 13.6. The molecule has 2 aromatic carbocycles. The van der Waals surface area contributed by atoms with Gasteiger partial charge in [0.15, 0.2) is 5.78 Å². The lowest BCUT2D eigenvalue weighted by atomic mass is 10.0. The van der Waals surface area contributed by atoms with E-state index >= 15 is 0 Å². The number of benzene rings is 2. The van der Waals surface area contributed by atoms with Gasteiger partial charge in [-0.3, -0.25) is 4.79 Å². The van der Waals surface area contributed by atoms with E-state index in [2.05, 4.69) is 31.9 Å². The van der Waals surface area contributed by atoms with Crippen molar-refractivity contribution in [2.45, 2.75) is 0 Å². The van der Waals surface area contributed by atoms with E-state index in [1.165, 1.54) is 0 Å². The number of ketones is 1. The zero-order valence-corrected chi connectivity index (χ0v) is 12.8. The number of carbonyl (C=O) groups is 1. The summed E-state index contributed by atoms with van der Waals surface area (Å²) in [6.07, 6.45) is 0. The number of fused-ring (bicyclic) bond motifs is 1. The Hall–Kier alpha value is -1.39. The summed E-state index contributed by atoms with van der Waals surface area (Å²) < 4.78 is 1.74. The first kappa shape index (κ1) is 12.6. The molecule has 0 aliphatic heterocycles. The molecule has 0 amide bonds. The molecule has 0 bridgehead atoms. The normalized spacial score (nSPS) is 13.9. The number of aliphatic hydroxyl groups is 1. The fraction of sp³-hybridized carbons (Fsp3) is 0. The molecule has 0 radical (unpaired) electrons. The maximum Gasteiger partial charge on any atom is 0.198 e. The Morgan fingerprint density at radius 3 is 2.21 bits per heavy atom. The van der Waals surface area contributed by atoms with Crippen LogP contribution >= 0.6 is 31.9 Å². The highest BCUT2D eigenvalue weighted by Crippen LogP contribution is 2.38. The van der Waals surface area contributed by atoms with Crippen molar-refractivity contribution < 1.29 is 9.90 Å². The van der Waals surface area contributed by atoms with Crippen LogP contribution in [0.25, 0.3) is 11.3 Å². The van der Waals surface area contributed by atoms with E-state index in [0.29, 0.717) is 22.3 Å². The minimum absolute atomic E-state index is 0.0508. The van der Waals surface area contributed by atoms with Crippen molar-refractivity contribution in [1.29, 1.82) is 0 Å². The monoisotopic (exact) mass is 378 g/mol. The SMILES string of the molecule is O=C1C(c2ccc(Br)c(Br)c2)=C(O)c2ccccc21. The first-order chi connectivity index (χ1) is 9.09. The van der Waals surface area contributed by atoms with Crippen molar-refractivity contribution in [2.24, 2.45) is 0 Å². The molecule has 4 heteroatoms. The van der Waals surface area contributed by atoms with E-state index in [-0.39, 0.29) is 11.5 Å². The van der Waals surface area contributed by atoms with Gasteiger partial charge in [0.25, 0.3) is 0 Å². The standard InChI is InChI=1S/C15H8Br2O2/c16-11-6-5-8(7-12(11)17)13-14(18)9-3-1-2-4-10(9)15(13)19/h1-7,18H. The van der Waals surface area contributed by atoms with Gasteiger partial charge in [-0.1, -0.05) is 30.3 Å². The van der Waals surface area contributed by atoms with Gasteiger partial charge in [-0.25, -0.2) is 0 Å². The van der Waals surface area contributed by atoms with Crippen molar-refractivity contribution in [3.05, 3.63) is 68.1 Å². The third-order valence-corrected chi connectivity index (χ3v) is 4.98. The molecule has 3 rings (SSSR count). The number of rotatable bonds is 1. The third-order valence-electron chi connectivity index (χ3n) is 3.10. The summed E-state index contributed by atoms with van der Waals surface area (Å²) in [6, 6.07) is 12.6. The highest BCUT2D eigenvalue weighted by Gasteiger charge is 2.30. The summed E-state index contributed by atoms with van der Waals surface area (Å²) in [5.74, 6) is -0.0860. The number of Topliss-reactive ketones (excluding diaryl/α,β-unsaturated/α-hetero) is 1. The molecule has 1 N–H and O–H groups in total. The minimum atomic E-state index is -0.137. The van der Waals surface area contributed by atoms with E-state index in [9.17, 15) is 9.90 Å². The van der Waals surface area contributed by atoms with Crippen molar-refractivity contribution in [3.8, 4) is 0 Å². The smallest absolute Gasteiger partial charge is 0.198 e. The highest BCUT2D eigenvalue weighted by atomic mass is 79.9. The van der Waals surface area contributed by atoms with Gasteiger partial charge in [0.1, 0.15) is 5.76 Å². The van der Waals surface area contributed by atoms with E-state index in [4.69, 9.17) is 0 Å². The van der Waals surface area contributed by atoms with Crippen LogP contribution < -0.4 is 0 Å². The molecular weight excluding hydrogens is 372 g/mol. The van der Waals surface area contributed by atoms with Gasteiger partial charge in [0.05, 0.1) is 5.57 Å². The second-order valence-electron chi connectivity index (χ2n) is 4.23. The van der Waals surface area contributed by atoms with Crippen LogP contribution in [0.5, 0.6) is 0 Å². The molecule has 0 atom stereocenters. The third kappa shape index (κ3) is 1.95. The zero-order valence-electron chi connectivity index (χ0n) is 9.65. The molecule has 0 aromatic heterocycles. The maximum atomic E-state index is 12.4. The van der Waals surface area contributed by atoms with Crippen LogP contribution in [-0.4, -0.2) is 10.9 Å². The summed E-state index contributed by atoms with van der Waals surface area (Å²) in [4.78, 5) is 12.4. The largest absolute Gasteiger partial charge is 0.507 e. The van der Waals surface area contributed by atoms with Crippen LogP contribution in [-0.2, 0) is 0 Å². The highest BCUT2D eigenvalue weighted by molar-refractivity contribution is 9.13. The summed E-state index contributed by atoms with van der Waals surface area (Å²) >= 11 is 6.79. The van der Waals surface area contributed by atoms with Crippen LogP contribution in [0.1, 0.15) is 21.5 Å². The predicted octanol–water partition coefficient (Wildman–Crippen LogP) is 4.83. The molecule has 1 aliphatic carbocycles. The predicted molar refractivity (Wildman–Crippen MR) is 82.1 cm³/mol. The number of halogens is 2. The summed E-state index contributed by atoms with van der Waals surface area (Å²) in [5.41, 5.74) is 2.21. The summed E-state index contributed by atoms with van der Waals surface area (Å²) in [6.45, 7) is 0. The Morgan fingerprint density at radius 2 is 1.58 bits per heavy atom. The molecule has 2 nitrogen and oxygen atoms in total.